The van der Waals surface area contributed by atoms with E-state index in [4.69, 9.17) is 4.74 Å². The van der Waals surface area contributed by atoms with Gasteiger partial charge in [0.25, 0.3) is 0 Å². The summed E-state index contributed by atoms with van der Waals surface area (Å²) in [6.07, 6.45) is 4.25. The fraction of sp³-hybridized carbons (Fsp3) is 0.625. The van der Waals surface area contributed by atoms with E-state index in [1.807, 2.05) is 12.1 Å². The molecule has 1 heterocycles. The number of nitrogens with one attached hydrogen (secondary N) is 1. The summed E-state index contributed by atoms with van der Waals surface area (Å²) in [5, 5.41) is 3.71. The van der Waals surface area contributed by atoms with Crippen molar-refractivity contribution in [2.75, 3.05) is 32.1 Å². The van der Waals surface area contributed by atoms with E-state index < -0.39 is 0 Å². The predicted octanol–water partition coefficient (Wildman–Crippen LogP) is 2.52. The molecule has 19 heavy (non-hydrogen) atoms. The van der Waals surface area contributed by atoms with Gasteiger partial charge in [0.2, 0.25) is 0 Å². The number of anilines is 1. The standard InChI is InChI=1S/C16H24N2O/c1-18(15-8-3-4-9-16(15)19-2)11-14-13-7-5-6-12(13)10-17-14/h3-4,8-9,12-14,17H,5-7,10-11H2,1-2H3. The number of hydrogen-bond acceptors (Lipinski definition) is 3. The Morgan fingerprint density at radius 1 is 1.32 bits per heavy atom. The van der Waals surface area contributed by atoms with Crippen molar-refractivity contribution in [3.8, 4) is 5.75 Å². The minimum atomic E-state index is 0.641. The molecule has 0 radical (unpaired) electrons. The quantitative estimate of drug-likeness (QED) is 0.900. The summed E-state index contributed by atoms with van der Waals surface area (Å²) >= 11 is 0. The highest BCUT2D eigenvalue weighted by atomic mass is 16.5. The molecular formula is C16H24N2O. The van der Waals surface area contributed by atoms with Crippen LogP contribution in [0.4, 0.5) is 5.69 Å². The molecule has 1 aromatic rings. The Morgan fingerprint density at radius 3 is 3.00 bits per heavy atom. The maximum absolute atomic E-state index is 5.46. The zero-order chi connectivity index (χ0) is 13.2. The molecule has 0 bridgehead atoms. The molecule has 1 saturated carbocycles. The van der Waals surface area contributed by atoms with Crippen LogP contribution in [-0.4, -0.2) is 33.3 Å². The van der Waals surface area contributed by atoms with Gasteiger partial charge >= 0.3 is 0 Å². The SMILES string of the molecule is COc1ccccc1N(C)CC1NCC2CCCC21. The highest BCUT2D eigenvalue weighted by molar-refractivity contribution is 5.58. The number of fused-ring (bicyclic) bond motifs is 1. The second-order valence-corrected chi connectivity index (χ2v) is 5.92. The molecule has 3 atom stereocenters. The average Bonchev–Trinajstić information content (AvgIpc) is 3.03. The molecular weight excluding hydrogens is 236 g/mol. The van der Waals surface area contributed by atoms with Gasteiger partial charge in [-0.15, -0.1) is 0 Å². The van der Waals surface area contributed by atoms with E-state index in [1.54, 1.807) is 7.11 Å². The van der Waals surface area contributed by atoms with Crippen LogP contribution in [0.25, 0.3) is 0 Å². The number of para-hydroxylation sites is 2. The van der Waals surface area contributed by atoms with E-state index in [2.05, 4.69) is 29.4 Å². The highest BCUT2D eigenvalue weighted by Crippen LogP contribution is 2.38. The van der Waals surface area contributed by atoms with Crippen LogP contribution in [0.2, 0.25) is 0 Å². The van der Waals surface area contributed by atoms with E-state index in [9.17, 15) is 0 Å². The summed E-state index contributed by atoms with van der Waals surface area (Å²) in [5.74, 6) is 2.78. The molecule has 3 unspecified atom stereocenters. The number of nitrogens with zero attached hydrogens (tertiary/aromatic N) is 1. The summed E-state index contributed by atoms with van der Waals surface area (Å²) in [6, 6.07) is 8.92. The van der Waals surface area contributed by atoms with Gasteiger partial charge in [0.05, 0.1) is 12.8 Å². The minimum absolute atomic E-state index is 0.641. The monoisotopic (exact) mass is 260 g/mol. The number of methoxy groups -OCH3 is 1. The van der Waals surface area contributed by atoms with Gasteiger partial charge in [0, 0.05) is 19.6 Å². The van der Waals surface area contributed by atoms with E-state index in [-0.39, 0.29) is 0 Å². The lowest BCUT2D eigenvalue weighted by molar-refractivity contribution is 0.403. The molecule has 0 spiro atoms. The zero-order valence-electron chi connectivity index (χ0n) is 11.9. The fourth-order valence-corrected chi connectivity index (χ4v) is 3.84. The second kappa shape index (κ2) is 5.41. The Labute approximate surface area is 115 Å². The third kappa shape index (κ3) is 2.44. The first-order chi connectivity index (χ1) is 9.29. The molecule has 0 amide bonds. The largest absolute Gasteiger partial charge is 0.495 e. The van der Waals surface area contributed by atoms with Crippen molar-refractivity contribution in [1.82, 2.24) is 5.32 Å². The number of hydrogen-bond donors (Lipinski definition) is 1. The van der Waals surface area contributed by atoms with E-state index in [0.29, 0.717) is 6.04 Å². The average molecular weight is 260 g/mol. The van der Waals surface area contributed by atoms with Crippen LogP contribution in [0, 0.1) is 11.8 Å². The summed E-state index contributed by atoms with van der Waals surface area (Å²) in [5.41, 5.74) is 1.19. The van der Waals surface area contributed by atoms with Gasteiger partial charge in [0.1, 0.15) is 5.75 Å². The van der Waals surface area contributed by atoms with Crippen LogP contribution in [-0.2, 0) is 0 Å². The van der Waals surface area contributed by atoms with E-state index in [1.165, 1.54) is 31.5 Å². The Bertz CT molecular complexity index is 435. The van der Waals surface area contributed by atoms with Gasteiger partial charge in [-0.05, 0) is 43.4 Å². The third-order valence-corrected chi connectivity index (χ3v) is 4.84. The highest BCUT2D eigenvalue weighted by Gasteiger charge is 2.39. The Balaban J connectivity index is 1.69. The summed E-state index contributed by atoms with van der Waals surface area (Å²) < 4.78 is 5.46. The van der Waals surface area contributed by atoms with Gasteiger partial charge in [-0.2, -0.15) is 0 Å². The van der Waals surface area contributed by atoms with E-state index in [0.717, 1.165) is 24.1 Å². The van der Waals surface area contributed by atoms with Crippen molar-refractivity contribution in [3.63, 3.8) is 0 Å². The number of rotatable bonds is 4. The Morgan fingerprint density at radius 2 is 2.16 bits per heavy atom. The third-order valence-electron chi connectivity index (χ3n) is 4.84. The van der Waals surface area contributed by atoms with E-state index >= 15 is 0 Å². The summed E-state index contributed by atoms with van der Waals surface area (Å²) in [6.45, 7) is 2.29. The van der Waals surface area contributed by atoms with Crippen molar-refractivity contribution in [1.29, 1.82) is 0 Å². The van der Waals surface area contributed by atoms with Gasteiger partial charge in [-0.3, -0.25) is 0 Å². The number of benzene rings is 1. The van der Waals surface area contributed by atoms with Crippen LogP contribution in [0.3, 0.4) is 0 Å². The van der Waals surface area contributed by atoms with Crippen molar-refractivity contribution in [2.45, 2.75) is 25.3 Å². The second-order valence-electron chi connectivity index (χ2n) is 5.92. The predicted molar refractivity (Wildman–Crippen MR) is 78.9 cm³/mol. The van der Waals surface area contributed by atoms with Crippen LogP contribution >= 0.6 is 0 Å². The molecule has 3 heteroatoms. The van der Waals surface area contributed by atoms with Crippen molar-refractivity contribution >= 4 is 5.69 Å². The Hall–Kier alpha value is -1.22. The molecule has 104 valence electrons. The molecule has 2 aliphatic rings. The number of ether oxygens (including phenoxy) is 1. The number of likely N-dealkylation sites (N-methyl/N-ethyl adjacent to an activating group) is 1. The molecule has 1 N–H and O–H groups in total. The molecule has 1 aliphatic heterocycles. The van der Waals surface area contributed by atoms with Gasteiger partial charge < -0.3 is 15.0 Å². The van der Waals surface area contributed by atoms with Gasteiger partial charge in [-0.25, -0.2) is 0 Å². The molecule has 3 rings (SSSR count). The first-order valence-electron chi connectivity index (χ1n) is 7.37. The minimum Gasteiger partial charge on any atom is -0.495 e. The molecule has 1 saturated heterocycles. The smallest absolute Gasteiger partial charge is 0.142 e. The lowest BCUT2D eigenvalue weighted by Gasteiger charge is -2.27. The maximum Gasteiger partial charge on any atom is 0.142 e. The van der Waals surface area contributed by atoms with Crippen molar-refractivity contribution in [3.05, 3.63) is 24.3 Å². The summed E-state index contributed by atoms with van der Waals surface area (Å²) in [4.78, 5) is 2.33. The summed E-state index contributed by atoms with van der Waals surface area (Å²) in [7, 11) is 3.91. The van der Waals surface area contributed by atoms with Crippen molar-refractivity contribution in [2.24, 2.45) is 11.8 Å². The maximum atomic E-state index is 5.46. The van der Waals surface area contributed by atoms with Crippen LogP contribution in [0.15, 0.2) is 24.3 Å². The Kier molecular flexibility index (Phi) is 3.65. The zero-order valence-corrected chi connectivity index (χ0v) is 11.9. The first kappa shape index (κ1) is 12.8. The fourth-order valence-electron chi connectivity index (χ4n) is 3.84. The molecule has 3 nitrogen and oxygen atoms in total. The topological polar surface area (TPSA) is 24.5 Å². The lowest BCUT2D eigenvalue weighted by Crippen LogP contribution is -2.39. The first-order valence-corrected chi connectivity index (χ1v) is 7.37. The van der Waals surface area contributed by atoms with Gasteiger partial charge in [-0.1, -0.05) is 18.6 Å². The molecule has 1 aliphatic carbocycles. The molecule has 0 aromatic heterocycles. The van der Waals surface area contributed by atoms with Crippen LogP contribution in [0.5, 0.6) is 5.75 Å². The van der Waals surface area contributed by atoms with Crippen molar-refractivity contribution < 1.29 is 4.74 Å². The van der Waals surface area contributed by atoms with Crippen LogP contribution < -0.4 is 15.0 Å². The van der Waals surface area contributed by atoms with Gasteiger partial charge in [0.15, 0.2) is 0 Å². The molecule has 2 fully saturated rings. The lowest BCUT2D eigenvalue weighted by atomic mass is 9.94. The van der Waals surface area contributed by atoms with Crippen LogP contribution in [0.1, 0.15) is 19.3 Å². The molecule has 1 aromatic carbocycles. The normalized spacial score (nSPS) is 29.3.